The Bertz CT molecular complexity index is 1350. The van der Waals surface area contributed by atoms with Crippen LogP contribution in [-0.4, -0.2) is 30.3 Å². The molecule has 37 heavy (non-hydrogen) atoms. The predicted molar refractivity (Wildman–Crippen MR) is 127 cm³/mol. The molecule has 0 radical (unpaired) electrons. The van der Waals surface area contributed by atoms with Crippen molar-refractivity contribution in [3.63, 3.8) is 0 Å². The van der Waals surface area contributed by atoms with Gasteiger partial charge in [0, 0.05) is 34.6 Å². The third kappa shape index (κ3) is 7.61. The first-order valence-corrected chi connectivity index (χ1v) is 11.6. The molecule has 0 spiro atoms. The van der Waals surface area contributed by atoms with Crippen molar-refractivity contribution in [3.8, 4) is 28.4 Å². The maximum Gasteiger partial charge on any atom is 0.430 e. The van der Waals surface area contributed by atoms with Crippen molar-refractivity contribution in [1.29, 1.82) is 0 Å². The number of pyridine rings is 1. The molecule has 2 aromatic carbocycles. The number of alkyl halides is 3. The van der Waals surface area contributed by atoms with E-state index in [2.05, 4.69) is 4.98 Å². The molecule has 2 heterocycles. The summed E-state index contributed by atoms with van der Waals surface area (Å²) < 4.78 is 43.1. The fraction of sp³-hybridized carbons (Fsp3) is 0.115. The molecule has 0 unspecified atom stereocenters. The average molecular weight is 532 g/mol. The topological polar surface area (TPSA) is 114 Å². The Labute approximate surface area is 213 Å². The Morgan fingerprint density at radius 3 is 2.30 bits per heavy atom. The second-order valence-electron chi connectivity index (χ2n) is 7.38. The standard InChI is InChI=1S/C24H19NO4S.C2HF3O2/c1-28-20-6-4-5-18(13-20)21-14-19(15-30-22-7-2-3-12-25-22)23(29-21)16-8-10-17(11-9-16)24(26)27;3-2(4,5)1(6)7/h2-14H,15H2,1H3,(H,26,27);(H,6,7). The van der Waals surface area contributed by atoms with Gasteiger partial charge in [-0.25, -0.2) is 9.78 Å². The summed E-state index contributed by atoms with van der Waals surface area (Å²) >= 11 is 1.67. The molecule has 0 saturated carbocycles. The van der Waals surface area contributed by atoms with E-state index in [1.807, 2.05) is 54.7 Å². The number of thioether (sulfide) groups is 1. The lowest BCUT2D eigenvalue weighted by Crippen LogP contribution is -2.37. The van der Waals surface area contributed by atoms with Crippen LogP contribution in [0.4, 0.5) is 13.2 Å². The van der Waals surface area contributed by atoms with Gasteiger partial charge in [-0.2, -0.15) is 13.2 Å². The van der Waals surface area contributed by atoms with Crippen molar-refractivity contribution in [2.75, 3.05) is 7.11 Å². The van der Waals surface area contributed by atoms with Crippen LogP contribution in [0.25, 0.3) is 22.6 Å². The number of aliphatic carboxylic acids is 1. The van der Waals surface area contributed by atoms with E-state index in [0.29, 0.717) is 5.75 Å². The van der Waals surface area contributed by atoms with Crippen molar-refractivity contribution < 1.29 is 47.1 Å². The number of halogens is 3. The second kappa shape index (κ2) is 12.1. The largest absolute Gasteiger partial charge is 0.542 e. The molecule has 0 saturated heterocycles. The highest BCUT2D eigenvalue weighted by atomic mass is 32.2. The molecule has 0 aliphatic carbocycles. The first kappa shape index (κ1) is 27.3. The van der Waals surface area contributed by atoms with Crippen molar-refractivity contribution in [2.45, 2.75) is 17.0 Å². The maximum absolute atomic E-state index is 11.2. The Morgan fingerprint density at radius 1 is 1.03 bits per heavy atom. The molecule has 2 N–H and O–H groups in total. The number of furan rings is 1. The summed E-state index contributed by atoms with van der Waals surface area (Å²) in [5, 5.41) is 19.0. The van der Waals surface area contributed by atoms with Crippen LogP contribution in [0.3, 0.4) is 0 Å². The number of carboxylic acids is 2. The number of ether oxygens (including phenoxy) is 1. The van der Waals surface area contributed by atoms with Crippen LogP contribution in [0.5, 0.6) is 5.75 Å². The number of aromatic amines is 1. The number of benzene rings is 2. The molecule has 0 amide bonds. The van der Waals surface area contributed by atoms with E-state index in [1.54, 1.807) is 43.1 Å². The molecular weight excluding hydrogens is 511 g/mol. The fourth-order valence-corrected chi connectivity index (χ4v) is 3.94. The highest BCUT2D eigenvalue weighted by Gasteiger charge is 2.28. The molecule has 0 atom stereocenters. The summed E-state index contributed by atoms with van der Waals surface area (Å²) in [6.07, 6.45) is -3.30. The van der Waals surface area contributed by atoms with Crippen LogP contribution in [0.1, 0.15) is 15.9 Å². The first-order chi connectivity index (χ1) is 17.6. The summed E-state index contributed by atoms with van der Waals surface area (Å²) in [5.41, 5.74) is 3.02. The lowest BCUT2D eigenvalue weighted by molar-refractivity contribution is -0.426. The normalized spacial score (nSPS) is 10.8. The van der Waals surface area contributed by atoms with Crippen LogP contribution in [0, 0.1) is 0 Å². The van der Waals surface area contributed by atoms with E-state index in [9.17, 15) is 23.1 Å². The number of carbonyl (C=O) groups excluding carboxylic acids is 1. The van der Waals surface area contributed by atoms with E-state index in [-0.39, 0.29) is 5.56 Å². The molecule has 4 rings (SSSR count). The molecule has 7 nitrogen and oxygen atoms in total. The van der Waals surface area contributed by atoms with Gasteiger partial charge in [0.15, 0.2) is 6.20 Å². The van der Waals surface area contributed by atoms with Gasteiger partial charge in [0.2, 0.25) is 5.03 Å². The maximum atomic E-state index is 11.2. The number of H-pyrrole nitrogens is 1. The zero-order valence-corrected chi connectivity index (χ0v) is 20.1. The Morgan fingerprint density at radius 2 is 1.73 bits per heavy atom. The van der Waals surface area contributed by atoms with Gasteiger partial charge in [-0.1, -0.05) is 36.0 Å². The number of methoxy groups -OCH3 is 1. The first-order valence-electron chi connectivity index (χ1n) is 10.6. The Balaban J connectivity index is 0.000000479. The fourth-order valence-electron chi connectivity index (χ4n) is 3.09. The predicted octanol–water partition coefficient (Wildman–Crippen LogP) is 4.73. The number of carboxylic acid groups (broad SMARTS) is 2. The van der Waals surface area contributed by atoms with E-state index < -0.39 is 18.1 Å². The van der Waals surface area contributed by atoms with Crippen LogP contribution >= 0.6 is 11.8 Å². The SMILES string of the molecule is COc1cccc(-c2cc(CSc3cccc[nH+]3)c(-c3ccc(C(=O)O)cc3)o2)c1.O=C([O-])C(F)(F)F. The van der Waals surface area contributed by atoms with Gasteiger partial charge in [-0.15, -0.1) is 0 Å². The molecule has 0 aliphatic heterocycles. The zero-order chi connectivity index (χ0) is 27.0. The smallest absolute Gasteiger partial charge is 0.430 e. The molecule has 192 valence electrons. The third-order valence-electron chi connectivity index (χ3n) is 4.85. The molecule has 11 heteroatoms. The van der Waals surface area contributed by atoms with Gasteiger partial charge in [0.25, 0.3) is 0 Å². The molecule has 2 aromatic heterocycles. The highest BCUT2D eigenvalue weighted by Crippen LogP contribution is 2.36. The van der Waals surface area contributed by atoms with Crippen molar-refractivity contribution in [2.24, 2.45) is 0 Å². The van der Waals surface area contributed by atoms with Crippen LogP contribution in [-0.2, 0) is 10.5 Å². The van der Waals surface area contributed by atoms with E-state index >= 15 is 0 Å². The summed E-state index contributed by atoms with van der Waals surface area (Å²) in [4.78, 5) is 23.2. The van der Waals surface area contributed by atoms with Crippen LogP contribution < -0.4 is 14.8 Å². The van der Waals surface area contributed by atoms with Gasteiger partial charge in [0.1, 0.15) is 23.2 Å². The lowest BCUT2D eigenvalue weighted by atomic mass is 10.1. The molecule has 0 fully saturated rings. The minimum absolute atomic E-state index is 0.244. The molecule has 0 bridgehead atoms. The minimum Gasteiger partial charge on any atom is -0.542 e. The summed E-state index contributed by atoms with van der Waals surface area (Å²) in [6.45, 7) is 0. The molecule has 4 aromatic rings. The number of carbonyl (C=O) groups is 2. The zero-order valence-electron chi connectivity index (χ0n) is 19.2. The van der Waals surface area contributed by atoms with E-state index in [4.69, 9.17) is 19.1 Å². The lowest BCUT2D eigenvalue weighted by Gasteiger charge is -2.03. The number of hydrogen-bond acceptors (Lipinski definition) is 6. The number of aromatic nitrogens is 1. The van der Waals surface area contributed by atoms with Crippen molar-refractivity contribution >= 4 is 23.7 Å². The number of hydrogen-bond donors (Lipinski definition) is 1. The average Bonchev–Trinajstić information content (AvgIpc) is 3.32. The van der Waals surface area contributed by atoms with Gasteiger partial charge < -0.3 is 24.2 Å². The van der Waals surface area contributed by atoms with Gasteiger partial charge in [-0.05, 0) is 36.4 Å². The number of rotatable bonds is 7. The van der Waals surface area contributed by atoms with E-state index in [0.717, 1.165) is 39.0 Å². The summed E-state index contributed by atoms with van der Waals surface area (Å²) in [5.74, 6) is -1.04. The van der Waals surface area contributed by atoms with Gasteiger partial charge in [-0.3, -0.25) is 0 Å². The van der Waals surface area contributed by atoms with Crippen LogP contribution in [0.2, 0.25) is 0 Å². The second-order valence-corrected chi connectivity index (χ2v) is 8.40. The monoisotopic (exact) mass is 531 g/mol. The van der Waals surface area contributed by atoms with Crippen LogP contribution in [0.15, 0.2) is 88.4 Å². The summed E-state index contributed by atoms with van der Waals surface area (Å²) in [7, 11) is 1.63. The van der Waals surface area contributed by atoms with Crippen molar-refractivity contribution in [3.05, 3.63) is 90.1 Å². The quantitative estimate of drug-likeness (QED) is 0.343. The van der Waals surface area contributed by atoms with Crippen molar-refractivity contribution in [1.82, 2.24) is 0 Å². The number of aromatic carboxylic acids is 1. The van der Waals surface area contributed by atoms with Gasteiger partial charge in [0.05, 0.1) is 12.7 Å². The minimum atomic E-state index is -5.19. The third-order valence-corrected chi connectivity index (χ3v) is 5.87. The Hall–Kier alpha value is -4.25. The summed E-state index contributed by atoms with van der Waals surface area (Å²) in [6, 6.07) is 22.4. The Kier molecular flexibility index (Phi) is 8.96. The number of nitrogens with one attached hydrogen (secondary N) is 1. The highest BCUT2D eigenvalue weighted by molar-refractivity contribution is 7.98. The molecule has 0 aliphatic rings. The molecular formula is C26H20F3NO6S. The van der Waals surface area contributed by atoms with E-state index in [1.165, 1.54) is 0 Å². The van der Waals surface area contributed by atoms with Gasteiger partial charge >= 0.3 is 12.1 Å².